The van der Waals surface area contributed by atoms with Crippen LogP contribution in [0.4, 0.5) is 5.69 Å². The predicted molar refractivity (Wildman–Crippen MR) is 72.6 cm³/mol. The maximum atomic E-state index is 12.0. The van der Waals surface area contributed by atoms with Gasteiger partial charge in [0.25, 0.3) is 5.91 Å². The van der Waals surface area contributed by atoms with Crippen molar-refractivity contribution in [3.8, 4) is 0 Å². The maximum absolute atomic E-state index is 12.0. The van der Waals surface area contributed by atoms with E-state index in [-0.39, 0.29) is 11.3 Å². The molecule has 3 N–H and O–H groups in total. The fourth-order valence-electron chi connectivity index (χ4n) is 1.69. The SMILES string of the molecule is CCNC(=O)c1c(C(C)(C)C)ccc(N)c1Cl. The molecule has 0 aliphatic rings. The Morgan fingerprint density at radius 1 is 1.41 bits per heavy atom. The zero-order valence-corrected chi connectivity index (χ0v) is 11.5. The number of carbonyl (C=O) groups is 1. The van der Waals surface area contributed by atoms with Crippen molar-refractivity contribution in [2.75, 3.05) is 12.3 Å². The molecule has 17 heavy (non-hydrogen) atoms. The average Bonchev–Trinajstić information content (AvgIpc) is 2.20. The Kier molecular flexibility index (Phi) is 4.04. The molecule has 0 radical (unpaired) electrons. The molecule has 0 unspecified atom stereocenters. The van der Waals surface area contributed by atoms with E-state index in [9.17, 15) is 4.79 Å². The van der Waals surface area contributed by atoms with Crippen LogP contribution in [0.5, 0.6) is 0 Å². The highest BCUT2D eigenvalue weighted by molar-refractivity contribution is 6.36. The van der Waals surface area contributed by atoms with Crippen molar-refractivity contribution in [2.24, 2.45) is 0 Å². The summed E-state index contributed by atoms with van der Waals surface area (Å²) in [5.41, 5.74) is 7.42. The fraction of sp³-hybridized carbons (Fsp3) is 0.462. The van der Waals surface area contributed by atoms with Crippen LogP contribution in [0.25, 0.3) is 0 Å². The van der Waals surface area contributed by atoms with Gasteiger partial charge >= 0.3 is 0 Å². The first-order valence-corrected chi connectivity index (χ1v) is 6.03. The summed E-state index contributed by atoms with van der Waals surface area (Å²) >= 11 is 6.15. The highest BCUT2D eigenvalue weighted by atomic mass is 35.5. The second-order valence-electron chi connectivity index (χ2n) is 5.00. The lowest BCUT2D eigenvalue weighted by Gasteiger charge is -2.23. The van der Waals surface area contributed by atoms with Crippen molar-refractivity contribution < 1.29 is 4.79 Å². The molecule has 0 spiro atoms. The average molecular weight is 255 g/mol. The number of benzene rings is 1. The van der Waals surface area contributed by atoms with Crippen LogP contribution in [0, 0.1) is 0 Å². The summed E-state index contributed by atoms with van der Waals surface area (Å²) in [6.45, 7) is 8.55. The number of hydrogen-bond acceptors (Lipinski definition) is 2. The summed E-state index contributed by atoms with van der Waals surface area (Å²) in [5, 5.41) is 3.10. The minimum atomic E-state index is -0.172. The van der Waals surface area contributed by atoms with E-state index in [0.29, 0.717) is 22.8 Å². The number of hydrogen-bond donors (Lipinski definition) is 2. The van der Waals surface area contributed by atoms with Gasteiger partial charge in [-0.2, -0.15) is 0 Å². The van der Waals surface area contributed by atoms with Crippen LogP contribution < -0.4 is 11.1 Å². The molecule has 0 heterocycles. The van der Waals surface area contributed by atoms with E-state index in [4.69, 9.17) is 17.3 Å². The summed E-state index contributed by atoms with van der Waals surface area (Å²) in [6.07, 6.45) is 0. The Balaban J connectivity index is 3.42. The molecular formula is C13H19ClN2O. The van der Waals surface area contributed by atoms with Gasteiger partial charge in [0.05, 0.1) is 16.3 Å². The van der Waals surface area contributed by atoms with Gasteiger partial charge in [-0.3, -0.25) is 4.79 Å². The van der Waals surface area contributed by atoms with Gasteiger partial charge in [0, 0.05) is 6.54 Å². The van der Waals surface area contributed by atoms with E-state index in [2.05, 4.69) is 5.32 Å². The number of amides is 1. The van der Waals surface area contributed by atoms with Crippen molar-refractivity contribution in [2.45, 2.75) is 33.1 Å². The Morgan fingerprint density at radius 2 is 2.00 bits per heavy atom. The van der Waals surface area contributed by atoms with E-state index in [1.165, 1.54) is 0 Å². The van der Waals surface area contributed by atoms with Crippen LogP contribution in [0.2, 0.25) is 5.02 Å². The Hall–Kier alpha value is -1.22. The Labute approximate surface area is 107 Å². The van der Waals surface area contributed by atoms with Gasteiger partial charge in [-0.05, 0) is 24.0 Å². The molecule has 1 amide bonds. The molecule has 0 fully saturated rings. The quantitative estimate of drug-likeness (QED) is 0.798. The third kappa shape index (κ3) is 2.91. The van der Waals surface area contributed by atoms with Crippen molar-refractivity contribution in [3.63, 3.8) is 0 Å². The smallest absolute Gasteiger partial charge is 0.253 e. The van der Waals surface area contributed by atoms with Crippen molar-refractivity contribution in [1.82, 2.24) is 5.32 Å². The molecule has 0 bridgehead atoms. The van der Waals surface area contributed by atoms with Gasteiger partial charge in [-0.15, -0.1) is 0 Å². The topological polar surface area (TPSA) is 55.1 Å². The lowest BCUT2D eigenvalue weighted by atomic mass is 9.83. The first kappa shape index (κ1) is 13.8. The third-order valence-electron chi connectivity index (χ3n) is 2.54. The number of nitrogen functional groups attached to an aromatic ring is 1. The number of nitrogens with two attached hydrogens (primary N) is 1. The summed E-state index contributed by atoms with van der Waals surface area (Å²) in [4.78, 5) is 12.0. The fourth-order valence-corrected chi connectivity index (χ4v) is 1.94. The molecule has 94 valence electrons. The van der Waals surface area contributed by atoms with Crippen LogP contribution in [0.3, 0.4) is 0 Å². The molecule has 0 aliphatic heterocycles. The number of rotatable bonds is 2. The van der Waals surface area contributed by atoms with Crippen molar-refractivity contribution >= 4 is 23.2 Å². The first-order chi connectivity index (χ1) is 7.79. The zero-order chi connectivity index (χ0) is 13.2. The van der Waals surface area contributed by atoms with Crippen molar-refractivity contribution in [1.29, 1.82) is 0 Å². The van der Waals surface area contributed by atoms with E-state index in [0.717, 1.165) is 5.56 Å². The van der Waals surface area contributed by atoms with Crippen LogP contribution in [-0.4, -0.2) is 12.5 Å². The third-order valence-corrected chi connectivity index (χ3v) is 2.95. The second-order valence-corrected chi connectivity index (χ2v) is 5.38. The Morgan fingerprint density at radius 3 is 2.47 bits per heavy atom. The molecule has 4 heteroatoms. The van der Waals surface area contributed by atoms with Crippen LogP contribution in [-0.2, 0) is 5.41 Å². The van der Waals surface area contributed by atoms with E-state index in [1.807, 2.05) is 33.8 Å². The second kappa shape index (κ2) is 4.96. The summed E-state index contributed by atoms with van der Waals surface area (Å²) in [7, 11) is 0. The largest absolute Gasteiger partial charge is 0.398 e. The normalized spacial score (nSPS) is 11.4. The highest BCUT2D eigenvalue weighted by Crippen LogP contribution is 2.33. The molecule has 0 saturated carbocycles. The summed E-state index contributed by atoms with van der Waals surface area (Å²) in [5.74, 6) is -0.172. The van der Waals surface area contributed by atoms with Crippen LogP contribution in [0.15, 0.2) is 12.1 Å². The van der Waals surface area contributed by atoms with Gasteiger partial charge in [0.1, 0.15) is 0 Å². The minimum Gasteiger partial charge on any atom is -0.398 e. The molecule has 3 nitrogen and oxygen atoms in total. The van der Waals surface area contributed by atoms with Gasteiger partial charge in [-0.1, -0.05) is 38.4 Å². The maximum Gasteiger partial charge on any atom is 0.253 e. The molecule has 0 saturated heterocycles. The van der Waals surface area contributed by atoms with E-state index >= 15 is 0 Å². The van der Waals surface area contributed by atoms with Crippen LogP contribution >= 0.6 is 11.6 Å². The number of carbonyl (C=O) groups excluding carboxylic acids is 1. The van der Waals surface area contributed by atoms with Crippen LogP contribution in [0.1, 0.15) is 43.6 Å². The zero-order valence-electron chi connectivity index (χ0n) is 10.7. The highest BCUT2D eigenvalue weighted by Gasteiger charge is 2.24. The molecule has 1 rings (SSSR count). The van der Waals surface area contributed by atoms with Gasteiger partial charge < -0.3 is 11.1 Å². The van der Waals surface area contributed by atoms with E-state index in [1.54, 1.807) is 6.07 Å². The summed E-state index contributed by atoms with van der Waals surface area (Å²) < 4.78 is 0. The van der Waals surface area contributed by atoms with Gasteiger partial charge in [0.2, 0.25) is 0 Å². The van der Waals surface area contributed by atoms with E-state index < -0.39 is 0 Å². The lowest BCUT2D eigenvalue weighted by Crippen LogP contribution is -2.27. The predicted octanol–water partition coefficient (Wildman–Crippen LogP) is 2.97. The minimum absolute atomic E-state index is 0.155. The van der Waals surface area contributed by atoms with Gasteiger partial charge in [0.15, 0.2) is 0 Å². The summed E-state index contributed by atoms with van der Waals surface area (Å²) in [6, 6.07) is 3.61. The molecule has 0 atom stereocenters. The molecular weight excluding hydrogens is 236 g/mol. The lowest BCUT2D eigenvalue weighted by molar-refractivity contribution is 0.0954. The number of nitrogens with one attached hydrogen (secondary N) is 1. The molecule has 0 aliphatic carbocycles. The van der Waals surface area contributed by atoms with Gasteiger partial charge in [-0.25, -0.2) is 0 Å². The first-order valence-electron chi connectivity index (χ1n) is 5.65. The van der Waals surface area contributed by atoms with Crippen molar-refractivity contribution in [3.05, 3.63) is 28.3 Å². The Bertz CT molecular complexity index is 436. The standard InChI is InChI=1S/C13H19ClN2O/c1-5-16-12(17)10-8(13(2,3)4)6-7-9(15)11(10)14/h6-7H,5,15H2,1-4H3,(H,16,17). The molecule has 0 aromatic heterocycles. The monoisotopic (exact) mass is 254 g/mol. The number of halogens is 1. The molecule has 1 aromatic rings. The number of anilines is 1. The molecule has 1 aromatic carbocycles.